The summed E-state index contributed by atoms with van der Waals surface area (Å²) in [7, 11) is -3.83. The van der Waals surface area contributed by atoms with Gasteiger partial charge in [0.2, 0.25) is 15.6 Å². The number of rotatable bonds is 7. The zero-order valence-electron chi connectivity index (χ0n) is 17.0. The van der Waals surface area contributed by atoms with E-state index >= 15 is 0 Å². The molecule has 2 aromatic carbocycles. The maximum Gasteiger partial charge on any atom is 0.254 e. The first-order chi connectivity index (χ1) is 15.4. The average Bonchev–Trinajstić information content (AvgIpc) is 3.27. The lowest BCUT2D eigenvalue weighted by Crippen LogP contribution is -2.23. The lowest BCUT2D eigenvalue weighted by Gasteiger charge is -2.12. The van der Waals surface area contributed by atoms with Crippen LogP contribution in [-0.4, -0.2) is 35.3 Å². The Hall–Kier alpha value is -3.43. The molecule has 10 heteroatoms. The molecule has 8 nitrogen and oxygen atoms in total. The van der Waals surface area contributed by atoms with Gasteiger partial charge in [0.25, 0.3) is 5.91 Å². The third-order valence-corrected chi connectivity index (χ3v) is 6.72. The van der Waals surface area contributed by atoms with E-state index in [9.17, 15) is 13.2 Å². The number of imidazole rings is 1. The molecule has 4 aromatic rings. The molecule has 2 aromatic heterocycles. The molecule has 164 valence electrons. The Morgan fingerprint density at radius 1 is 1.16 bits per heavy atom. The van der Waals surface area contributed by atoms with E-state index in [1.165, 1.54) is 24.4 Å². The molecule has 0 fully saturated rings. The number of hydrogen-bond donors (Lipinski definition) is 1. The highest BCUT2D eigenvalue weighted by Crippen LogP contribution is 2.32. The van der Waals surface area contributed by atoms with Crippen molar-refractivity contribution in [3.05, 3.63) is 83.4 Å². The largest absolute Gasteiger partial charge is 0.492 e. The summed E-state index contributed by atoms with van der Waals surface area (Å²) >= 11 is 6.01. The fraction of sp³-hybridized carbons (Fsp3) is 0.136. The van der Waals surface area contributed by atoms with Crippen molar-refractivity contribution in [1.82, 2.24) is 19.7 Å². The maximum atomic E-state index is 13.1. The quantitative estimate of drug-likeness (QED) is 0.443. The van der Waals surface area contributed by atoms with Crippen LogP contribution in [0.2, 0.25) is 5.02 Å². The number of ether oxygens (including phenoxy) is 1. The Morgan fingerprint density at radius 3 is 2.69 bits per heavy atom. The normalized spacial score (nSPS) is 11.4. The van der Waals surface area contributed by atoms with Gasteiger partial charge in [-0.3, -0.25) is 9.20 Å². The molecule has 0 atom stereocenters. The molecule has 4 rings (SSSR count). The molecule has 2 heterocycles. The molecule has 0 aliphatic heterocycles. The Morgan fingerprint density at radius 2 is 1.94 bits per heavy atom. The summed E-state index contributed by atoms with van der Waals surface area (Å²) in [6.07, 6.45) is 6.39. The second-order valence-corrected chi connectivity index (χ2v) is 9.19. The van der Waals surface area contributed by atoms with E-state index in [1.807, 2.05) is 0 Å². The van der Waals surface area contributed by atoms with Crippen molar-refractivity contribution in [2.75, 3.05) is 6.61 Å². The van der Waals surface area contributed by atoms with E-state index in [2.05, 4.69) is 15.3 Å². The Labute approximate surface area is 189 Å². The maximum absolute atomic E-state index is 13.1. The molecule has 1 N–H and O–H groups in total. The van der Waals surface area contributed by atoms with E-state index < -0.39 is 9.84 Å². The van der Waals surface area contributed by atoms with Gasteiger partial charge in [-0.1, -0.05) is 23.7 Å². The number of nitrogens with zero attached hydrogens (tertiary/aromatic N) is 3. The number of fused-ring (bicyclic) bond motifs is 1. The number of amides is 1. The fourth-order valence-corrected chi connectivity index (χ4v) is 4.76. The first kappa shape index (κ1) is 21.8. The van der Waals surface area contributed by atoms with Crippen LogP contribution < -0.4 is 10.1 Å². The molecule has 1 amide bonds. The van der Waals surface area contributed by atoms with E-state index in [0.717, 1.165) is 5.56 Å². The van der Waals surface area contributed by atoms with Gasteiger partial charge in [-0.25, -0.2) is 18.4 Å². The first-order valence-electron chi connectivity index (χ1n) is 9.72. The van der Waals surface area contributed by atoms with Crippen molar-refractivity contribution < 1.29 is 17.9 Å². The first-order valence-corrected chi connectivity index (χ1v) is 11.6. The highest BCUT2D eigenvalue weighted by molar-refractivity contribution is 7.91. The molecule has 0 saturated carbocycles. The molecule has 0 saturated heterocycles. The highest BCUT2D eigenvalue weighted by atomic mass is 35.5. The highest BCUT2D eigenvalue weighted by Gasteiger charge is 2.23. The molecule has 32 heavy (non-hydrogen) atoms. The molecule has 0 unspecified atom stereocenters. The summed E-state index contributed by atoms with van der Waals surface area (Å²) in [6, 6.07) is 10.8. The van der Waals surface area contributed by atoms with Gasteiger partial charge in [-0.2, -0.15) is 0 Å². The van der Waals surface area contributed by atoms with Crippen LogP contribution in [0.25, 0.3) is 5.78 Å². The van der Waals surface area contributed by atoms with Crippen LogP contribution in [0.5, 0.6) is 5.75 Å². The third kappa shape index (κ3) is 4.44. The van der Waals surface area contributed by atoms with Gasteiger partial charge in [0.1, 0.15) is 10.6 Å². The molecule has 0 bridgehead atoms. The predicted octanol–water partition coefficient (Wildman–Crippen LogP) is 3.54. The number of aromatic nitrogens is 3. The molecule has 0 aliphatic rings. The Kier molecular flexibility index (Phi) is 6.11. The monoisotopic (exact) mass is 470 g/mol. The number of hydrogen-bond acceptors (Lipinski definition) is 6. The summed E-state index contributed by atoms with van der Waals surface area (Å²) in [6.45, 7) is 2.33. The van der Waals surface area contributed by atoms with Crippen molar-refractivity contribution in [3.8, 4) is 5.75 Å². The molecule has 0 radical (unpaired) electrons. The van der Waals surface area contributed by atoms with Crippen molar-refractivity contribution in [3.63, 3.8) is 0 Å². The minimum atomic E-state index is -3.83. The van der Waals surface area contributed by atoms with Crippen LogP contribution >= 0.6 is 11.6 Å². The third-order valence-electron chi connectivity index (χ3n) is 4.69. The minimum Gasteiger partial charge on any atom is -0.492 e. The minimum absolute atomic E-state index is 0.00953. The summed E-state index contributed by atoms with van der Waals surface area (Å²) in [5.41, 5.74) is 1.13. The number of halogens is 1. The van der Waals surface area contributed by atoms with Gasteiger partial charge >= 0.3 is 0 Å². The van der Waals surface area contributed by atoms with Crippen LogP contribution in [-0.2, 0) is 16.4 Å². The Bertz CT molecular complexity index is 1380. The summed E-state index contributed by atoms with van der Waals surface area (Å²) < 4.78 is 33.3. The van der Waals surface area contributed by atoms with E-state index in [-0.39, 0.29) is 28.0 Å². The lowest BCUT2D eigenvalue weighted by molar-refractivity contribution is 0.0950. The molecule has 0 spiro atoms. The van der Waals surface area contributed by atoms with Gasteiger partial charge in [0.15, 0.2) is 0 Å². The van der Waals surface area contributed by atoms with Crippen LogP contribution in [0, 0.1) is 0 Å². The van der Waals surface area contributed by atoms with Crippen molar-refractivity contribution in [2.45, 2.75) is 23.3 Å². The van der Waals surface area contributed by atoms with Gasteiger partial charge in [0.05, 0.1) is 17.1 Å². The lowest BCUT2D eigenvalue weighted by atomic mass is 10.2. The van der Waals surface area contributed by atoms with Gasteiger partial charge in [-0.05, 0) is 42.8 Å². The zero-order chi connectivity index (χ0) is 22.7. The number of carbonyl (C=O) groups excluding carboxylic acids is 1. The second kappa shape index (κ2) is 8.97. The average molecular weight is 471 g/mol. The number of nitrogens with one attached hydrogen (secondary N) is 1. The number of carbonyl (C=O) groups is 1. The summed E-state index contributed by atoms with van der Waals surface area (Å²) in [5.74, 6) is 0.451. The number of benzene rings is 2. The van der Waals surface area contributed by atoms with Gasteiger partial charge in [-0.15, -0.1) is 0 Å². The summed E-state index contributed by atoms with van der Waals surface area (Å²) in [4.78, 5) is 20.7. The van der Waals surface area contributed by atoms with Crippen LogP contribution in [0.15, 0.2) is 77.0 Å². The van der Waals surface area contributed by atoms with E-state index in [4.69, 9.17) is 16.3 Å². The van der Waals surface area contributed by atoms with Crippen LogP contribution in [0.3, 0.4) is 0 Å². The van der Waals surface area contributed by atoms with Crippen LogP contribution in [0.1, 0.15) is 22.8 Å². The zero-order valence-corrected chi connectivity index (χ0v) is 18.6. The van der Waals surface area contributed by atoms with Crippen LogP contribution in [0.4, 0.5) is 0 Å². The summed E-state index contributed by atoms with van der Waals surface area (Å²) in [5, 5.41) is 3.10. The van der Waals surface area contributed by atoms with Crippen molar-refractivity contribution >= 4 is 33.1 Å². The number of sulfone groups is 1. The molecular weight excluding hydrogens is 452 g/mol. The topological polar surface area (TPSA) is 103 Å². The Balaban J connectivity index is 1.49. The second-order valence-electron chi connectivity index (χ2n) is 6.83. The van der Waals surface area contributed by atoms with Gasteiger partial charge < -0.3 is 10.1 Å². The fourth-order valence-electron chi connectivity index (χ4n) is 3.10. The predicted molar refractivity (Wildman–Crippen MR) is 119 cm³/mol. The molecule has 0 aliphatic carbocycles. The smallest absolute Gasteiger partial charge is 0.254 e. The SMILES string of the molecule is CCOc1ccc(Cl)cc1S(=O)(=O)c1ccc(CNC(=O)c2cnc3nccn3c2)cc1. The van der Waals surface area contributed by atoms with Crippen molar-refractivity contribution in [1.29, 1.82) is 0 Å². The standard InChI is InChI=1S/C22H19ClN4O4S/c1-2-31-19-8-5-17(23)11-20(19)32(29,30)18-6-3-15(4-7-18)12-25-21(28)16-13-26-22-24-9-10-27(22)14-16/h3-11,13-14H,2,12H2,1H3,(H,25,28). The van der Waals surface area contributed by atoms with Gasteiger partial charge in [0, 0.05) is 36.4 Å². The van der Waals surface area contributed by atoms with E-state index in [1.54, 1.807) is 54.2 Å². The van der Waals surface area contributed by atoms with E-state index in [0.29, 0.717) is 23.0 Å². The van der Waals surface area contributed by atoms with Crippen molar-refractivity contribution in [2.24, 2.45) is 0 Å². The molecular formula is C22H19ClN4O4S.